The first-order valence-electron chi connectivity index (χ1n) is 6.88. The largest absolute Gasteiger partial charge is 0.399 e. The zero-order valence-corrected chi connectivity index (χ0v) is 10.5. The Labute approximate surface area is 104 Å². The molecule has 1 aliphatic carbocycles. The molecule has 2 fully saturated rings. The van der Waals surface area contributed by atoms with Gasteiger partial charge in [-0.3, -0.25) is 0 Å². The summed E-state index contributed by atoms with van der Waals surface area (Å²) in [6.45, 7) is 2.52. The van der Waals surface area contributed by atoms with Crippen molar-refractivity contribution in [1.82, 2.24) is 0 Å². The molecule has 1 aromatic rings. The van der Waals surface area contributed by atoms with Crippen molar-refractivity contribution >= 4 is 11.4 Å². The van der Waals surface area contributed by atoms with E-state index in [0.717, 1.165) is 5.69 Å². The van der Waals surface area contributed by atoms with Gasteiger partial charge in [-0.25, -0.2) is 0 Å². The summed E-state index contributed by atoms with van der Waals surface area (Å²) in [6, 6.07) is 8.32. The molecule has 2 aliphatic rings. The molecule has 0 amide bonds. The molecule has 92 valence electrons. The van der Waals surface area contributed by atoms with Crippen LogP contribution in [0.2, 0.25) is 0 Å². The lowest BCUT2D eigenvalue weighted by atomic mass is 9.73. The van der Waals surface area contributed by atoms with Gasteiger partial charge in [-0.05, 0) is 37.1 Å². The van der Waals surface area contributed by atoms with Crippen LogP contribution >= 0.6 is 0 Å². The molecular formula is C15H22N2. The minimum Gasteiger partial charge on any atom is -0.399 e. The molecule has 3 rings (SSSR count). The minimum atomic E-state index is 0.651. The second kappa shape index (κ2) is 4.25. The van der Waals surface area contributed by atoms with Crippen LogP contribution in [-0.2, 0) is 0 Å². The van der Waals surface area contributed by atoms with Gasteiger partial charge in [0.15, 0.2) is 0 Å². The predicted molar refractivity (Wildman–Crippen MR) is 73.2 cm³/mol. The highest BCUT2D eigenvalue weighted by Gasteiger charge is 2.42. The van der Waals surface area contributed by atoms with Gasteiger partial charge in [0.2, 0.25) is 0 Å². The van der Waals surface area contributed by atoms with Gasteiger partial charge in [-0.2, -0.15) is 0 Å². The van der Waals surface area contributed by atoms with Gasteiger partial charge in [0.05, 0.1) is 0 Å². The summed E-state index contributed by atoms with van der Waals surface area (Å²) in [5.74, 6) is 0. The molecule has 0 bridgehead atoms. The lowest BCUT2D eigenvalue weighted by Gasteiger charge is -2.51. The SMILES string of the molecule is Nc1ccc(N2CC3(CCCCCC3)C2)cc1. The van der Waals surface area contributed by atoms with Crippen molar-refractivity contribution < 1.29 is 0 Å². The zero-order chi connectivity index (χ0) is 11.7. The van der Waals surface area contributed by atoms with E-state index >= 15 is 0 Å². The third kappa shape index (κ3) is 2.13. The maximum atomic E-state index is 5.72. The normalized spacial score (nSPS) is 23.2. The monoisotopic (exact) mass is 230 g/mol. The average molecular weight is 230 g/mol. The highest BCUT2D eigenvalue weighted by atomic mass is 15.2. The number of hydrogen-bond donors (Lipinski definition) is 1. The van der Waals surface area contributed by atoms with E-state index in [0.29, 0.717) is 5.41 Å². The number of benzene rings is 1. The van der Waals surface area contributed by atoms with E-state index < -0.39 is 0 Å². The Hall–Kier alpha value is -1.18. The van der Waals surface area contributed by atoms with Crippen molar-refractivity contribution in [3.63, 3.8) is 0 Å². The van der Waals surface area contributed by atoms with Crippen LogP contribution in [0.3, 0.4) is 0 Å². The third-order valence-electron chi connectivity index (χ3n) is 4.47. The highest BCUT2D eigenvalue weighted by Crippen LogP contribution is 2.44. The molecule has 0 unspecified atom stereocenters. The highest BCUT2D eigenvalue weighted by molar-refractivity contribution is 5.55. The van der Waals surface area contributed by atoms with Crippen LogP contribution in [0.5, 0.6) is 0 Å². The van der Waals surface area contributed by atoms with Gasteiger partial charge in [-0.1, -0.05) is 25.7 Å². The van der Waals surface area contributed by atoms with Crippen molar-refractivity contribution in [2.45, 2.75) is 38.5 Å². The maximum Gasteiger partial charge on any atom is 0.0368 e. The van der Waals surface area contributed by atoms with E-state index in [1.807, 2.05) is 12.1 Å². The zero-order valence-electron chi connectivity index (χ0n) is 10.5. The van der Waals surface area contributed by atoms with Crippen LogP contribution < -0.4 is 10.6 Å². The van der Waals surface area contributed by atoms with Crippen LogP contribution in [0.25, 0.3) is 0 Å². The summed E-state index contributed by atoms with van der Waals surface area (Å²) in [5, 5.41) is 0. The Morgan fingerprint density at radius 3 is 2.06 bits per heavy atom. The Kier molecular flexibility index (Phi) is 2.73. The Morgan fingerprint density at radius 1 is 0.882 bits per heavy atom. The second-order valence-electron chi connectivity index (χ2n) is 5.86. The fraction of sp³-hybridized carbons (Fsp3) is 0.600. The fourth-order valence-corrected chi connectivity index (χ4v) is 3.43. The summed E-state index contributed by atoms with van der Waals surface area (Å²) >= 11 is 0. The summed E-state index contributed by atoms with van der Waals surface area (Å²) in [5.41, 5.74) is 8.58. The Balaban J connectivity index is 1.65. The number of rotatable bonds is 1. The first-order chi connectivity index (χ1) is 8.27. The smallest absolute Gasteiger partial charge is 0.0368 e. The molecule has 0 radical (unpaired) electrons. The van der Waals surface area contributed by atoms with Gasteiger partial charge in [0, 0.05) is 29.9 Å². The molecule has 0 atom stereocenters. The van der Waals surface area contributed by atoms with Crippen molar-refractivity contribution in [1.29, 1.82) is 0 Å². The molecule has 1 saturated carbocycles. The minimum absolute atomic E-state index is 0.651. The molecule has 1 saturated heterocycles. The number of hydrogen-bond acceptors (Lipinski definition) is 2. The van der Waals surface area contributed by atoms with Gasteiger partial charge in [0.25, 0.3) is 0 Å². The number of nitrogens with two attached hydrogens (primary N) is 1. The summed E-state index contributed by atoms with van der Waals surface area (Å²) in [7, 11) is 0. The van der Waals surface area contributed by atoms with Crippen molar-refractivity contribution in [2.75, 3.05) is 23.7 Å². The molecule has 2 heteroatoms. The van der Waals surface area contributed by atoms with Crippen LogP contribution in [0, 0.1) is 5.41 Å². The first-order valence-corrected chi connectivity index (χ1v) is 6.88. The van der Waals surface area contributed by atoms with Crippen molar-refractivity contribution in [2.24, 2.45) is 5.41 Å². The summed E-state index contributed by atoms with van der Waals surface area (Å²) in [4.78, 5) is 2.50. The average Bonchev–Trinajstić information content (AvgIpc) is 2.54. The number of nitrogens with zero attached hydrogens (tertiary/aromatic N) is 1. The molecule has 17 heavy (non-hydrogen) atoms. The van der Waals surface area contributed by atoms with Crippen LogP contribution in [0.15, 0.2) is 24.3 Å². The third-order valence-corrected chi connectivity index (χ3v) is 4.47. The Morgan fingerprint density at radius 2 is 1.47 bits per heavy atom. The van der Waals surface area contributed by atoms with Crippen LogP contribution in [-0.4, -0.2) is 13.1 Å². The topological polar surface area (TPSA) is 29.3 Å². The quantitative estimate of drug-likeness (QED) is 0.749. The molecule has 1 aliphatic heterocycles. The standard InChI is InChI=1S/C15H22N2/c16-13-5-7-14(8-6-13)17-11-15(12-17)9-3-1-2-4-10-15/h5-8H,1-4,9-12,16H2. The van der Waals surface area contributed by atoms with E-state index in [9.17, 15) is 0 Å². The van der Waals surface area contributed by atoms with Crippen molar-refractivity contribution in [3.8, 4) is 0 Å². The summed E-state index contributed by atoms with van der Waals surface area (Å²) < 4.78 is 0. The van der Waals surface area contributed by atoms with Gasteiger partial charge >= 0.3 is 0 Å². The van der Waals surface area contributed by atoms with E-state index in [1.165, 1.54) is 57.3 Å². The lowest BCUT2D eigenvalue weighted by Crippen LogP contribution is -2.56. The molecule has 0 aromatic heterocycles. The van der Waals surface area contributed by atoms with Crippen LogP contribution in [0.4, 0.5) is 11.4 Å². The van der Waals surface area contributed by atoms with Gasteiger partial charge in [0.1, 0.15) is 0 Å². The molecule has 1 heterocycles. The number of anilines is 2. The molecule has 2 N–H and O–H groups in total. The fourth-order valence-electron chi connectivity index (χ4n) is 3.43. The van der Waals surface area contributed by atoms with Gasteiger partial charge < -0.3 is 10.6 Å². The van der Waals surface area contributed by atoms with E-state index in [2.05, 4.69) is 17.0 Å². The summed E-state index contributed by atoms with van der Waals surface area (Å²) in [6.07, 6.45) is 8.66. The molecule has 2 nitrogen and oxygen atoms in total. The molecular weight excluding hydrogens is 208 g/mol. The van der Waals surface area contributed by atoms with E-state index in [4.69, 9.17) is 5.73 Å². The van der Waals surface area contributed by atoms with Gasteiger partial charge in [-0.15, -0.1) is 0 Å². The van der Waals surface area contributed by atoms with Crippen molar-refractivity contribution in [3.05, 3.63) is 24.3 Å². The predicted octanol–water partition coefficient (Wildman–Crippen LogP) is 3.43. The van der Waals surface area contributed by atoms with E-state index in [-0.39, 0.29) is 0 Å². The second-order valence-corrected chi connectivity index (χ2v) is 5.86. The molecule has 1 aromatic carbocycles. The maximum absolute atomic E-state index is 5.72. The Bertz CT molecular complexity index is 366. The van der Waals surface area contributed by atoms with E-state index in [1.54, 1.807) is 0 Å². The van der Waals surface area contributed by atoms with Crippen LogP contribution in [0.1, 0.15) is 38.5 Å². The lowest BCUT2D eigenvalue weighted by molar-refractivity contribution is 0.180. The number of nitrogen functional groups attached to an aromatic ring is 1. The first kappa shape index (κ1) is 10.9. The molecule has 1 spiro atoms.